The van der Waals surface area contributed by atoms with Gasteiger partial charge in [-0.15, -0.1) is 11.3 Å². The average molecular weight is 370 g/mol. The van der Waals surface area contributed by atoms with Gasteiger partial charge >= 0.3 is 0 Å². The van der Waals surface area contributed by atoms with E-state index in [-0.39, 0.29) is 5.78 Å². The standard InChI is InChI=1S/C9H3Br2ClO2S/c10-4-3-6(15-9(4)12)8(13)5-1-2-7(11)14-5/h1-3H. The molecule has 0 aliphatic heterocycles. The Hall–Kier alpha value is -0.100. The van der Waals surface area contributed by atoms with Gasteiger partial charge in [0.05, 0.1) is 4.88 Å². The molecule has 0 aliphatic rings. The number of furan rings is 1. The van der Waals surface area contributed by atoms with Crippen molar-refractivity contribution in [2.24, 2.45) is 0 Å². The smallest absolute Gasteiger partial charge is 0.238 e. The van der Waals surface area contributed by atoms with Gasteiger partial charge in [0.15, 0.2) is 10.4 Å². The van der Waals surface area contributed by atoms with E-state index in [0.717, 1.165) is 4.47 Å². The molecular weight excluding hydrogens is 367 g/mol. The molecule has 2 rings (SSSR count). The van der Waals surface area contributed by atoms with Gasteiger partial charge in [0, 0.05) is 4.47 Å². The van der Waals surface area contributed by atoms with Crippen LogP contribution in [0, 0.1) is 0 Å². The van der Waals surface area contributed by atoms with E-state index < -0.39 is 0 Å². The number of hydrogen-bond acceptors (Lipinski definition) is 3. The van der Waals surface area contributed by atoms with Gasteiger partial charge in [0.1, 0.15) is 4.34 Å². The fourth-order valence-corrected chi connectivity index (χ4v) is 2.97. The third kappa shape index (κ3) is 2.36. The Morgan fingerprint density at radius 3 is 2.60 bits per heavy atom. The topological polar surface area (TPSA) is 30.2 Å². The second-order valence-corrected chi connectivity index (χ2v) is 5.96. The highest BCUT2D eigenvalue weighted by Crippen LogP contribution is 2.33. The highest BCUT2D eigenvalue weighted by molar-refractivity contribution is 9.10. The molecule has 0 radical (unpaired) electrons. The van der Waals surface area contributed by atoms with Gasteiger partial charge in [-0.05, 0) is 50.1 Å². The largest absolute Gasteiger partial charge is 0.446 e. The Balaban J connectivity index is 2.36. The van der Waals surface area contributed by atoms with E-state index in [0.29, 0.717) is 19.6 Å². The summed E-state index contributed by atoms with van der Waals surface area (Å²) in [6.45, 7) is 0. The van der Waals surface area contributed by atoms with E-state index in [9.17, 15) is 4.79 Å². The summed E-state index contributed by atoms with van der Waals surface area (Å²) in [5.41, 5.74) is 0. The molecular formula is C9H3Br2ClO2S. The van der Waals surface area contributed by atoms with Crippen LogP contribution < -0.4 is 0 Å². The number of thiophene rings is 1. The minimum Gasteiger partial charge on any atom is -0.446 e. The monoisotopic (exact) mass is 368 g/mol. The minimum absolute atomic E-state index is 0.168. The van der Waals surface area contributed by atoms with Crippen molar-refractivity contribution in [3.63, 3.8) is 0 Å². The first-order chi connectivity index (χ1) is 7.08. The molecule has 0 aliphatic carbocycles. The van der Waals surface area contributed by atoms with Crippen LogP contribution in [0.15, 0.2) is 31.8 Å². The molecule has 0 N–H and O–H groups in total. The first-order valence-corrected chi connectivity index (χ1v) is 6.61. The van der Waals surface area contributed by atoms with Crippen LogP contribution in [0.1, 0.15) is 15.4 Å². The van der Waals surface area contributed by atoms with Crippen LogP contribution in [0.5, 0.6) is 0 Å². The zero-order valence-electron chi connectivity index (χ0n) is 7.09. The zero-order valence-corrected chi connectivity index (χ0v) is 11.8. The normalized spacial score (nSPS) is 10.6. The Kier molecular flexibility index (Phi) is 3.35. The van der Waals surface area contributed by atoms with E-state index in [1.807, 2.05) is 0 Å². The van der Waals surface area contributed by atoms with E-state index in [1.165, 1.54) is 11.3 Å². The summed E-state index contributed by atoms with van der Waals surface area (Å²) >= 11 is 13.5. The third-order valence-corrected chi connectivity index (χ3v) is 4.57. The first kappa shape index (κ1) is 11.4. The summed E-state index contributed by atoms with van der Waals surface area (Å²) in [7, 11) is 0. The lowest BCUT2D eigenvalue weighted by molar-refractivity contribution is 0.101. The molecule has 6 heteroatoms. The van der Waals surface area contributed by atoms with E-state index in [1.54, 1.807) is 18.2 Å². The predicted octanol–water partition coefficient (Wildman–Crippen LogP) is 4.75. The fourth-order valence-electron chi connectivity index (χ4n) is 1.02. The molecule has 2 aromatic rings. The predicted molar refractivity (Wildman–Crippen MR) is 66.9 cm³/mol. The van der Waals surface area contributed by atoms with Crippen LogP contribution in [-0.4, -0.2) is 5.78 Å². The lowest BCUT2D eigenvalue weighted by atomic mass is 10.2. The van der Waals surface area contributed by atoms with Gasteiger partial charge in [-0.25, -0.2) is 0 Å². The highest BCUT2D eigenvalue weighted by atomic mass is 79.9. The lowest BCUT2D eigenvalue weighted by Crippen LogP contribution is -1.95. The van der Waals surface area contributed by atoms with Crippen molar-refractivity contribution in [2.75, 3.05) is 0 Å². The molecule has 0 spiro atoms. The van der Waals surface area contributed by atoms with Gasteiger partial charge < -0.3 is 4.42 Å². The molecule has 2 heterocycles. The molecule has 0 saturated heterocycles. The second-order valence-electron chi connectivity index (χ2n) is 2.67. The first-order valence-electron chi connectivity index (χ1n) is 3.83. The Morgan fingerprint density at radius 1 is 1.40 bits per heavy atom. The molecule has 78 valence electrons. The Labute approximate surface area is 111 Å². The molecule has 0 fully saturated rings. The summed E-state index contributed by atoms with van der Waals surface area (Å²) in [6, 6.07) is 4.98. The molecule has 0 saturated carbocycles. The maximum Gasteiger partial charge on any atom is 0.238 e. The van der Waals surface area contributed by atoms with Crippen LogP contribution in [0.2, 0.25) is 4.34 Å². The molecule has 0 atom stereocenters. The molecule has 0 aromatic carbocycles. The number of hydrogen-bond donors (Lipinski definition) is 0. The van der Waals surface area contributed by atoms with Crippen LogP contribution in [0.25, 0.3) is 0 Å². The van der Waals surface area contributed by atoms with Crippen molar-refractivity contribution < 1.29 is 9.21 Å². The van der Waals surface area contributed by atoms with Crippen molar-refractivity contribution in [1.29, 1.82) is 0 Å². The highest BCUT2D eigenvalue weighted by Gasteiger charge is 2.17. The van der Waals surface area contributed by atoms with E-state index >= 15 is 0 Å². The number of carbonyl (C=O) groups excluding carboxylic acids is 1. The summed E-state index contributed by atoms with van der Waals surface area (Å²) in [5, 5.41) is 0. The maximum absolute atomic E-state index is 11.8. The van der Waals surface area contributed by atoms with Gasteiger partial charge in [-0.3, -0.25) is 4.79 Å². The quantitative estimate of drug-likeness (QED) is 0.714. The van der Waals surface area contributed by atoms with Crippen LogP contribution in [-0.2, 0) is 0 Å². The number of halogens is 3. The van der Waals surface area contributed by atoms with E-state index in [4.69, 9.17) is 16.0 Å². The number of rotatable bonds is 2. The zero-order chi connectivity index (χ0) is 11.0. The van der Waals surface area contributed by atoms with E-state index in [2.05, 4.69) is 31.9 Å². The summed E-state index contributed by atoms with van der Waals surface area (Å²) in [5.74, 6) is 0.130. The van der Waals surface area contributed by atoms with Gasteiger partial charge in [-0.1, -0.05) is 11.6 Å². The van der Waals surface area contributed by atoms with Crippen molar-refractivity contribution in [3.8, 4) is 0 Å². The maximum atomic E-state index is 11.8. The third-order valence-electron chi connectivity index (χ3n) is 1.67. The Morgan fingerprint density at radius 2 is 2.13 bits per heavy atom. The minimum atomic E-state index is -0.168. The van der Waals surface area contributed by atoms with Crippen molar-refractivity contribution in [3.05, 3.63) is 42.3 Å². The molecule has 0 amide bonds. The second kappa shape index (κ2) is 4.41. The van der Waals surface area contributed by atoms with Crippen LogP contribution in [0.4, 0.5) is 0 Å². The van der Waals surface area contributed by atoms with Crippen LogP contribution in [0.3, 0.4) is 0 Å². The average Bonchev–Trinajstić information content (AvgIpc) is 2.74. The molecule has 0 bridgehead atoms. The van der Waals surface area contributed by atoms with Crippen molar-refractivity contribution >= 4 is 60.6 Å². The molecule has 15 heavy (non-hydrogen) atoms. The van der Waals surface area contributed by atoms with Gasteiger partial charge in [0.25, 0.3) is 0 Å². The van der Waals surface area contributed by atoms with Gasteiger partial charge in [0.2, 0.25) is 5.78 Å². The molecule has 2 nitrogen and oxygen atoms in total. The van der Waals surface area contributed by atoms with Gasteiger partial charge in [-0.2, -0.15) is 0 Å². The van der Waals surface area contributed by atoms with Crippen molar-refractivity contribution in [1.82, 2.24) is 0 Å². The SMILES string of the molecule is O=C(c1ccc(Br)o1)c1cc(Br)c(Cl)s1. The number of ketones is 1. The summed E-state index contributed by atoms with van der Waals surface area (Å²) in [6.07, 6.45) is 0. The fraction of sp³-hybridized carbons (Fsp3) is 0. The summed E-state index contributed by atoms with van der Waals surface area (Å²) < 4.78 is 6.98. The lowest BCUT2D eigenvalue weighted by Gasteiger charge is -1.90. The molecule has 2 aromatic heterocycles. The van der Waals surface area contributed by atoms with Crippen molar-refractivity contribution in [2.45, 2.75) is 0 Å². The number of carbonyl (C=O) groups is 1. The Bertz CT molecular complexity index is 498. The summed E-state index contributed by atoms with van der Waals surface area (Å²) in [4.78, 5) is 12.4. The molecule has 0 unspecified atom stereocenters. The van der Waals surface area contributed by atoms with Crippen LogP contribution >= 0.6 is 54.8 Å².